The standard InChI is InChI=1S/C10H14N2O3/c1-9(13)7-12(14)11-15-8-10-5-3-2-4-6-10/h2-6,9,13H,7-8H2,1H3/b12-11-. The van der Waals surface area contributed by atoms with E-state index in [0.717, 1.165) is 5.56 Å². The molecule has 1 atom stereocenters. The Bertz CT molecular complexity index is 312. The molecule has 0 aliphatic carbocycles. The molecule has 0 spiro atoms. The second kappa shape index (κ2) is 5.98. The van der Waals surface area contributed by atoms with Crippen molar-refractivity contribution in [1.82, 2.24) is 0 Å². The Kier molecular flexibility index (Phi) is 4.56. The smallest absolute Gasteiger partial charge is 0.209 e. The topological polar surface area (TPSA) is 67.9 Å². The average molecular weight is 210 g/mol. The highest BCUT2D eigenvalue weighted by atomic mass is 16.7. The lowest BCUT2D eigenvalue weighted by atomic mass is 10.2. The van der Waals surface area contributed by atoms with Gasteiger partial charge in [-0.2, -0.15) is 0 Å². The van der Waals surface area contributed by atoms with Crippen molar-refractivity contribution in [1.29, 1.82) is 0 Å². The molecular formula is C10H14N2O3. The Morgan fingerprint density at radius 1 is 1.47 bits per heavy atom. The van der Waals surface area contributed by atoms with Crippen molar-refractivity contribution < 1.29 is 14.8 Å². The van der Waals surface area contributed by atoms with Gasteiger partial charge in [0, 0.05) is 0 Å². The number of hydrogen-bond donors (Lipinski definition) is 1. The number of aliphatic hydroxyl groups excluding tert-OH is 1. The molecule has 82 valence electrons. The Labute approximate surface area is 88.2 Å². The van der Waals surface area contributed by atoms with Gasteiger partial charge in [-0.3, -0.25) is 0 Å². The minimum Gasteiger partial charge on any atom is -0.597 e. The number of aliphatic hydroxyl groups is 1. The van der Waals surface area contributed by atoms with Crippen molar-refractivity contribution in [3.8, 4) is 0 Å². The molecule has 0 heterocycles. The van der Waals surface area contributed by atoms with Crippen molar-refractivity contribution in [3.63, 3.8) is 0 Å². The molecule has 1 aromatic carbocycles. The predicted molar refractivity (Wildman–Crippen MR) is 53.8 cm³/mol. The first-order valence-electron chi connectivity index (χ1n) is 4.68. The van der Waals surface area contributed by atoms with E-state index in [-0.39, 0.29) is 13.2 Å². The van der Waals surface area contributed by atoms with Gasteiger partial charge in [0.2, 0.25) is 6.54 Å². The first kappa shape index (κ1) is 11.5. The maximum absolute atomic E-state index is 10.9. The highest BCUT2D eigenvalue weighted by Crippen LogP contribution is 2.00. The van der Waals surface area contributed by atoms with E-state index in [1.54, 1.807) is 0 Å². The quantitative estimate of drug-likeness (QED) is 0.454. The van der Waals surface area contributed by atoms with Gasteiger partial charge in [0.1, 0.15) is 12.7 Å². The number of hydrogen-bond acceptors (Lipinski definition) is 4. The fraction of sp³-hybridized carbons (Fsp3) is 0.400. The summed E-state index contributed by atoms with van der Waals surface area (Å²) in [5.41, 5.74) is 0.937. The molecule has 1 unspecified atom stereocenters. The molecule has 5 nitrogen and oxygen atoms in total. The van der Waals surface area contributed by atoms with Gasteiger partial charge in [-0.15, -0.1) is 0 Å². The Hall–Kier alpha value is -1.62. The Balaban J connectivity index is 2.32. The summed E-state index contributed by atoms with van der Waals surface area (Å²) in [6.07, 6.45) is -0.716. The van der Waals surface area contributed by atoms with Crippen LogP contribution in [0.5, 0.6) is 0 Å². The van der Waals surface area contributed by atoms with Crippen molar-refractivity contribution in [2.45, 2.75) is 19.6 Å². The van der Waals surface area contributed by atoms with E-state index in [0.29, 0.717) is 4.86 Å². The van der Waals surface area contributed by atoms with Crippen LogP contribution in [0.25, 0.3) is 0 Å². The summed E-state index contributed by atoms with van der Waals surface area (Å²) >= 11 is 0. The van der Waals surface area contributed by atoms with Crippen molar-refractivity contribution >= 4 is 0 Å². The van der Waals surface area contributed by atoms with Gasteiger partial charge >= 0.3 is 0 Å². The molecule has 1 rings (SSSR count). The predicted octanol–water partition coefficient (Wildman–Crippen LogP) is 1.46. The highest BCUT2D eigenvalue weighted by Gasteiger charge is 2.02. The van der Waals surface area contributed by atoms with Gasteiger partial charge in [0.25, 0.3) is 0 Å². The fourth-order valence-electron chi connectivity index (χ4n) is 1.00. The molecule has 0 aliphatic heterocycles. The highest BCUT2D eigenvalue weighted by molar-refractivity contribution is 5.13. The molecule has 0 amide bonds. The van der Waals surface area contributed by atoms with Crippen LogP contribution in [0.3, 0.4) is 0 Å². The van der Waals surface area contributed by atoms with Crippen LogP contribution in [0.2, 0.25) is 0 Å². The van der Waals surface area contributed by atoms with Crippen LogP contribution in [0.1, 0.15) is 12.5 Å². The lowest BCUT2D eigenvalue weighted by Gasteiger charge is -2.02. The van der Waals surface area contributed by atoms with E-state index in [9.17, 15) is 5.21 Å². The molecule has 0 saturated heterocycles. The van der Waals surface area contributed by atoms with Crippen LogP contribution in [0.4, 0.5) is 0 Å². The third kappa shape index (κ3) is 4.97. The zero-order chi connectivity index (χ0) is 11.1. The molecule has 0 saturated carbocycles. The second-order valence-corrected chi connectivity index (χ2v) is 3.22. The maximum atomic E-state index is 10.9. The number of benzene rings is 1. The van der Waals surface area contributed by atoms with Crippen LogP contribution >= 0.6 is 0 Å². The van der Waals surface area contributed by atoms with Gasteiger partial charge in [0.15, 0.2) is 5.28 Å². The van der Waals surface area contributed by atoms with Gasteiger partial charge in [-0.25, -0.2) is 0 Å². The van der Waals surface area contributed by atoms with Crippen LogP contribution < -0.4 is 0 Å². The second-order valence-electron chi connectivity index (χ2n) is 3.22. The largest absolute Gasteiger partial charge is 0.597 e. The Morgan fingerprint density at radius 2 is 2.13 bits per heavy atom. The van der Waals surface area contributed by atoms with Crippen LogP contribution in [-0.4, -0.2) is 22.6 Å². The number of nitrogens with zero attached hydrogens (tertiary/aromatic N) is 2. The molecule has 1 N–H and O–H groups in total. The maximum Gasteiger partial charge on any atom is 0.209 e. The number of hydroxylamine groups is 1. The molecule has 15 heavy (non-hydrogen) atoms. The summed E-state index contributed by atoms with van der Waals surface area (Å²) in [6, 6.07) is 9.40. The van der Waals surface area contributed by atoms with E-state index in [1.807, 2.05) is 30.3 Å². The van der Waals surface area contributed by atoms with Crippen LogP contribution in [0.15, 0.2) is 35.6 Å². The molecule has 1 aromatic rings. The van der Waals surface area contributed by atoms with Crippen molar-refractivity contribution in [2.24, 2.45) is 5.28 Å². The summed E-state index contributed by atoms with van der Waals surface area (Å²) in [4.78, 5) is 5.14. The molecule has 0 fully saturated rings. The molecule has 5 heteroatoms. The van der Waals surface area contributed by atoms with Crippen molar-refractivity contribution in [3.05, 3.63) is 41.1 Å². The van der Waals surface area contributed by atoms with Gasteiger partial charge in [-0.05, 0) is 12.5 Å². The average Bonchev–Trinajstić information content (AvgIpc) is 2.18. The third-order valence-electron chi connectivity index (χ3n) is 1.64. The van der Waals surface area contributed by atoms with E-state index >= 15 is 0 Å². The number of rotatable bonds is 5. The van der Waals surface area contributed by atoms with E-state index < -0.39 is 6.10 Å². The summed E-state index contributed by atoms with van der Waals surface area (Å²) in [6.45, 7) is 1.67. The lowest BCUT2D eigenvalue weighted by molar-refractivity contribution is -0.566. The van der Waals surface area contributed by atoms with Gasteiger partial charge in [-0.1, -0.05) is 35.2 Å². The fourth-order valence-corrected chi connectivity index (χ4v) is 1.00. The first-order chi connectivity index (χ1) is 7.18. The SMILES string of the molecule is CC(O)C/[N+]([O-])=N/OCc1ccccc1. The van der Waals surface area contributed by atoms with Gasteiger partial charge in [0.05, 0.1) is 0 Å². The first-order valence-corrected chi connectivity index (χ1v) is 4.68. The molecular weight excluding hydrogens is 196 g/mol. The monoisotopic (exact) mass is 210 g/mol. The molecule has 0 bridgehead atoms. The minimum absolute atomic E-state index is 0.0885. The van der Waals surface area contributed by atoms with E-state index in [2.05, 4.69) is 5.28 Å². The molecule has 0 radical (unpaired) electrons. The normalized spacial score (nSPS) is 13.6. The Morgan fingerprint density at radius 3 is 2.73 bits per heavy atom. The van der Waals surface area contributed by atoms with Crippen molar-refractivity contribution in [2.75, 3.05) is 6.54 Å². The minimum atomic E-state index is -0.716. The van der Waals surface area contributed by atoms with E-state index in [1.165, 1.54) is 6.92 Å². The van der Waals surface area contributed by atoms with Crippen LogP contribution in [0, 0.1) is 5.21 Å². The van der Waals surface area contributed by atoms with Gasteiger partial charge < -0.3 is 15.2 Å². The molecule has 0 aromatic heterocycles. The third-order valence-corrected chi connectivity index (χ3v) is 1.64. The van der Waals surface area contributed by atoms with E-state index in [4.69, 9.17) is 9.94 Å². The summed E-state index contributed by atoms with van der Waals surface area (Å²) in [5, 5.41) is 23.1. The summed E-state index contributed by atoms with van der Waals surface area (Å²) in [5.74, 6) is 0. The zero-order valence-electron chi connectivity index (χ0n) is 8.54. The summed E-state index contributed by atoms with van der Waals surface area (Å²) < 4.78 is 0. The summed E-state index contributed by atoms with van der Waals surface area (Å²) in [7, 11) is 0. The van der Waals surface area contributed by atoms with Crippen LogP contribution in [-0.2, 0) is 11.4 Å². The lowest BCUT2D eigenvalue weighted by Crippen LogP contribution is -2.16. The molecule has 0 aliphatic rings. The zero-order valence-corrected chi connectivity index (χ0v) is 8.54.